The van der Waals surface area contributed by atoms with E-state index in [9.17, 15) is 4.79 Å². The van der Waals surface area contributed by atoms with Gasteiger partial charge in [0.1, 0.15) is 0 Å². The fourth-order valence-corrected chi connectivity index (χ4v) is 2.65. The van der Waals surface area contributed by atoms with E-state index in [0.29, 0.717) is 11.0 Å². The Morgan fingerprint density at radius 1 is 1.44 bits per heavy atom. The van der Waals surface area contributed by atoms with Gasteiger partial charge in [0.05, 0.1) is 10.5 Å². The van der Waals surface area contributed by atoms with Crippen LogP contribution in [0.2, 0.25) is 0 Å². The van der Waals surface area contributed by atoms with Gasteiger partial charge in [-0.15, -0.1) is 6.58 Å². The standard InChI is InChI=1S/C15H16BrNO/c1-3-9-17-13(12-7-5-4-6-8-12)10-11(2)14(16)15(17)18/h3-8,13H,1,9-10H2,2H3. The van der Waals surface area contributed by atoms with Crippen LogP contribution in [-0.2, 0) is 4.79 Å². The van der Waals surface area contributed by atoms with Crippen molar-refractivity contribution in [2.45, 2.75) is 19.4 Å². The number of amides is 1. The third-order valence-corrected chi connectivity index (χ3v) is 4.23. The van der Waals surface area contributed by atoms with Crippen LogP contribution in [0.1, 0.15) is 24.9 Å². The van der Waals surface area contributed by atoms with Gasteiger partial charge in [-0.25, -0.2) is 0 Å². The van der Waals surface area contributed by atoms with Crippen molar-refractivity contribution >= 4 is 21.8 Å². The average molecular weight is 306 g/mol. The summed E-state index contributed by atoms with van der Waals surface area (Å²) in [5.41, 5.74) is 2.28. The number of halogens is 1. The van der Waals surface area contributed by atoms with Crippen molar-refractivity contribution < 1.29 is 4.79 Å². The first-order valence-corrected chi connectivity index (χ1v) is 6.76. The molecule has 1 amide bonds. The molecule has 0 aliphatic carbocycles. The van der Waals surface area contributed by atoms with Crippen LogP contribution in [0.15, 0.2) is 53.0 Å². The van der Waals surface area contributed by atoms with E-state index in [2.05, 4.69) is 34.6 Å². The summed E-state index contributed by atoms with van der Waals surface area (Å²) in [4.78, 5) is 14.1. The van der Waals surface area contributed by atoms with E-state index >= 15 is 0 Å². The lowest BCUT2D eigenvalue weighted by molar-refractivity contribution is -0.129. The fraction of sp³-hybridized carbons (Fsp3) is 0.267. The summed E-state index contributed by atoms with van der Waals surface area (Å²) in [6, 6.07) is 10.3. The Labute approximate surface area is 116 Å². The van der Waals surface area contributed by atoms with Gasteiger partial charge in [0, 0.05) is 6.54 Å². The molecule has 0 bridgehead atoms. The minimum absolute atomic E-state index is 0.0486. The number of carbonyl (C=O) groups excluding carboxylic acids is 1. The number of benzene rings is 1. The summed E-state index contributed by atoms with van der Waals surface area (Å²) in [5.74, 6) is 0.0486. The molecule has 0 spiro atoms. The van der Waals surface area contributed by atoms with Crippen molar-refractivity contribution in [1.82, 2.24) is 4.90 Å². The molecule has 18 heavy (non-hydrogen) atoms. The quantitative estimate of drug-likeness (QED) is 0.778. The Hall–Kier alpha value is -1.35. The lowest BCUT2D eigenvalue weighted by Gasteiger charge is -2.35. The molecule has 1 atom stereocenters. The summed E-state index contributed by atoms with van der Waals surface area (Å²) in [6.07, 6.45) is 2.64. The zero-order valence-electron chi connectivity index (χ0n) is 10.4. The van der Waals surface area contributed by atoms with Gasteiger partial charge in [0.2, 0.25) is 0 Å². The number of hydrogen-bond acceptors (Lipinski definition) is 1. The van der Waals surface area contributed by atoms with E-state index in [4.69, 9.17) is 0 Å². The molecule has 0 aromatic heterocycles. The van der Waals surface area contributed by atoms with Crippen molar-refractivity contribution in [1.29, 1.82) is 0 Å². The molecule has 1 aromatic rings. The molecule has 3 heteroatoms. The van der Waals surface area contributed by atoms with E-state index in [0.717, 1.165) is 12.0 Å². The molecule has 1 heterocycles. The van der Waals surface area contributed by atoms with Gasteiger partial charge in [0.25, 0.3) is 5.91 Å². The minimum atomic E-state index is 0.0486. The Kier molecular flexibility index (Phi) is 4.02. The molecule has 94 valence electrons. The number of rotatable bonds is 3. The van der Waals surface area contributed by atoms with E-state index in [1.165, 1.54) is 5.56 Å². The van der Waals surface area contributed by atoms with Gasteiger partial charge in [-0.2, -0.15) is 0 Å². The van der Waals surface area contributed by atoms with Crippen molar-refractivity contribution in [3.8, 4) is 0 Å². The Morgan fingerprint density at radius 2 is 2.11 bits per heavy atom. The molecule has 2 rings (SSSR count). The van der Waals surface area contributed by atoms with Crippen molar-refractivity contribution in [2.24, 2.45) is 0 Å². The summed E-state index contributed by atoms with van der Waals surface area (Å²) in [7, 11) is 0. The van der Waals surface area contributed by atoms with Crippen LogP contribution in [0, 0.1) is 0 Å². The predicted molar refractivity (Wildman–Crippen MR) is 77.3 cm³/mol. The smallest absolute Gasteiger partial charge is 0.261 e. The van der Waals surface area contributed by atoms with Gasteiger partial charge >= 0.3 is 0 Å². The third-order valence-electron chi connectivity index (χ3n) is 3.21. The van der Waals surface area contributed by atoms with Crippen LogP contribution in [0.3, 0.4) is 0 Å². The molecular weight excluding hydrogens is 290 g/mol. The average Bonchev–Trinajstić information content (AvgIpc) is 2.40. The molecule has 1 aliphatic heterocycles. The first-order chi connectivity index (χ1) is 8.65. The first kappa shape index (κ1) is 13.1. The predicted octanol–water partition coefficient (Wildman–Crippen LogP) is 3.81. The summed E-state index contributed by atoms with van der Waals surface area (Å²) < 4.78 is 0.691. The van der Waals surface area contributed by atoms with Crippen LogP contribution < -0.4 is 0 Å². The molecule has 1 unspecified atom stereocenters. The highest BCUT2D eigenvalue weighted by Crippen LogP contribution is 2.36. The summed E-state index contributed by atoms with van der Waals surface area (Å²) in [6.45, 7) is 6.31. The SMILES string of the molecule is C=CCN1C(=O)C(Br)=C(C)CC1c1ccccc1. The van der Waals surface area contributed by atoms with Crippen molar-refractivity contribution in [3.63, 3.8) is 0 Å². The van der Waals surface area contributed by atoms with Crippen LogP contribution in [0.5, 0.6) is 0 Å². The summed E-state index contributed by atoms with van der Waals surface area (Å²) >= 11 is 3.38. The Balaban J connectivity index is 2.39. The molecule has 0 saturated carbocycles. The Morgan fingerprint density at radius 3 is 2.72 bits per heavy atom. The highest BCUT2D eigenvalue weighted by molar-refractivity contribution is 9.12. The lowest BCUT2D eigenvalue weighted by Crippen LogP contribution is -2.38. The second-order valence-electron chi connectivity index (χ2n) is 4.47. The molecule has 1 aromatic carbocycles. The van der Waals surface area contributed by atoms with Gasteiger partial charge in [0.15, 0.2) is 0 Å². The van der Waals surface area contributed by atoms with Crippen LogP contribution in [0.25, 0.3) is 0 Å². The minimum Gasteiger partial charge on any atom is -0.327 e. The second-order valence-corrected chi connectivity index (χ2v) is 5.26. The van der Waals surface area contributed by atoms with Crippen molar-refractivity contribution in [2.75, 3.05) is 6.54 Å². The molecule has 2 nitrogen and oxygen atoms in total. The molecule has 0 N–H and O–H groups in total. The highest BCUT2D eigenvalue weighted by atomic mass is 79.9. The monoisotopic (exact) mass is 305 g/mol. The van der Waals surface area contributed by atoms with Gasteiger partial charge < -0.3 is 4.90 Å². The van der Waals surface area contributed by atoms with Crippen LogP contribution in [0.4, 0.5) is 0 Å². The zero-order valence-corrected chi connectivity index (χ0v) is 12.0. The molecule has 0 saturated heterocycles. The molecule has 1 aliphatic rings. The van der Waals surface area contributed by atoms with Gasteiger partial charge in [-0.05, 0) is 34.8 Å². The zero-order chi connectivity index (χ0) is 13.1. The van der Waals surface area contributed by atoms with E-state index in [-0.39, 0.29) is 11.9 Å². The van der Waals surface area contributed by atoms with E-state index in [1.807, 2.05) is 30.0 Å². The highest BCUT2D eigenvalue weighted by Gasteiger charge is 2.31. The largest absolute Gasteiger partial charge is 0.327 e. The maximum absolute atomic E-state index is 12.3. The fourth-order valence-electron chi connectivity index (χ4n) is 2.26. The van der Waals surface area contributed by atoms with Crippen LogP contribution >= 0.6 is 15.9 Å². The third kappa shape index (κ3) is 2.41. The molecule has 0 radical (unpaired) electrons. The van der Waals surface area contributed by atoms with Gasteiger partial charge in [-0.3, -0.25) is 4.79 Å². The Bertz CT molecular complexity index is 492. The van der Waals surface area contributed by atoms with E-state index < -0.39 is 0 Å². The number of hydrogen-bond donors (Lipinski definition) is 0. The first-order valence-electron chi connectivity index (χ1n) is 5.97. The molecular formula is C15H16BrNO. The topological polar surface area (TPSA) is 20.3 Å². The lowest BCUT2D eigenvalue weighted by atomic mass is 9.94. The number of carbonyl (C=O) groups is 1. The molecule has 0 fully saturated rings. The van der Waals surface area contributed by atoms with Gasteiger partial charge in [-0.1, -0.05) is 42.0 Å². The van der Waals surface area contributed by atoms with Crippen LogP contribution in [-0.4, -0.2) is 17.4 Å². The maximum Gasteiger partial charge on any atom is 0.261 e. The summed E-state index contributed by atoms with van der Waals surface area (Å²) in [5, 5.41) is 0. The normalized spacial score (nSPS) is 20.2. The van der Waals surface area contributed by atoms with E-state index in [1.54, 1.807) is 6.08 Å². The van der Waals surface area contributed by atoms with Crippen molar-refractivity contribution in [3.05, 3.63) is 58.6 Å². The number of nitrogens with zero attached hydrogens (tertiary/aromatic N) is 1. The second kappa shape index (κ2) is 5.53. The maximum atomic E-state index is 12.3.